The molecule has 82 valence electrons. The number of nitrogens with zero attached hydrogens (tertiary/aromatic N) is 2. The molecule has 1 aromatic carbocycles. The summed E-state index contributed by atoms with van der Waals surface area (Å²) in [5.74, 6) is -0.193. The molecule has 2 nitrogen and oxygen atoms in total. The van der Waals surface area contributed by atoms with Crippen LogP contribution in [0.1, 0.15) is 18.2 Å². The van der Waals surface area contributed by atoms with Crippen molar-refractivity contribution >= 4 is 0 Å². The van der Waals surface area contributed by atoms with Gasteiger partial charge in [0.15, 0.2) is 0 Å². The number of hydrogen-bond acceptors (Lipinski definition) is 2. The third-order valence-electron chi connectivity index (χ3n) is 2.52. The van der Waals surface area contributed by atoms with Crippen LogP contribution in [0.3, 0.4) is 0 Å². The second-order valence-electron chi connectivity index (χ2n) is 3.71. The standard InChI is InChI=1S/C13H13FN2/c1-3-11-7-16-13(8-15-11)10-4-5-12(14)9(2)6-10/h4-8H,3H2,1-2H3. The van der Waals surface area contributed by atoms with Crippen LogP contribution >= 0.6 is 0 Å². The van der Waals surface area contributed by atoms with E-state index < -0.39 is 0 Å². The highest BCUT2D eigenvalue weighted by atomic mass is 19.1. The Balaban J connectivity index is 2.38. The molecule has 0 N–H and O–H groups in total. The SMILES string of the molecule is CCc1cnc(-c2ccc(F)c(C)c2)cn1. The molecule has 0 aliphatic rings. The molecular formula is C13H13FN2. The topological polar surface area (TPSA) is 25.8 Å². The van der Waals surface area contributed by atoms with E-state index in [0.717, 1.165) is 23.4 Å². The number of hydrogen-bond donors (Lipinski definition) is 0. The van der Waals surface area contributed by atoms with Crippen molar-refractivity contribution in [3.8, 4) is 11.3 Å². The van der Waals surface area contributed by atoms with Crippen molar-refractivity contribution in [1.29, 1.82) is 0 Å². The normalized spacial score (nSPS) is 10.4. The summed E-state index contributed by atoms with van der Waals surface area (Å²) >= 11 is 0. The fourth-order valence-corrected chi connectivity index (χ4v) is 1.49. The van der Waals surface area contributed by atoms with Gasteiger partial charge >= 0.3 is 0 Å². The van der Waals surface area contributed by atoms with Gasteiger partial charge in [0.2, 0.25) is 0 Å². The van der Waals surface area contributed by atoms with Gasteiger partial charge in [0.1, 0.15) is 5.82 Å². The zero-order valence-electron chi connectivity index (χ0n) is 9.37. The second kappa shape index (κ2) is 4.39. The smallest absolute Gasteiger partial charge is 0.126 e. The molecule has 3 heteroatoms. The lowest BCUT2D eigenvalue weighted by Crippen LogP contribution is -1.92. The zero-order chi connectivity index (χ0) is 11.5. The van der Waals surface area contributed by atoms with Crippen LogP contribution < -0.4 is 0 Å². The van der Waals surface area contributed by atoms with Gasteiger partial charge in [0.05, 0.1) is 17.6 Å². The van der Waals surface area contributed by atoms with Gasteiger partial charge in [-0.15, -0.1) is 0 Å². The van der Waals surface area contributed by atoms with Gasteiger partial charge in [-0.2, -0.15) is 0 Å². The first-order chi connectivity index (χ1) is 7.70. The summed E-state index contributed by atoms with van der Waals surface area (Å²) in [6.07, 6.45) is 4.36. The minimum Gasteiger partial charge on any atom is -0.257 e. The highest BCUT2D eigenvalue weighted by Gasteiger charge is 2.03. The monoisotopic (exact) mass is 216 g/mol. The molecule has 0 unspecified atom stereocenters. The van der Waals surface area contributed by atoms with Gasteiger partial charge in [-0.25, -0.2) is 4.39 Å². The molecule has 0 aliphatic carbocycles. The first-order valence-corrected chi connectivity index (χ1v) is 5.28. The van der Waals surface area contributed by atoms with Crippen LogP contribution in [0.2, 0.25) is 0 Å². The molecule has 0 radical (unpaired) electrons. The number of rotatable bonds is 2. The van der Waals surface area contributed by atoms with Crippen molar-refractivity contribution in [2.75, 3.05) is 0 Å². The van der Waals surface area contributed by atoms with Gasteiger partial charge < -0.3 is 0 Å². The predicted molar refractivity (Wildman–Crippen MR) is 61.5 cm³/mol. The van der Waals surface area contributed by atoms with Crippen LogP contribution in [0.15, 0.2) is 30.6 Å². The van der Waals surface area contributed by atoms with E-state index in [4.69, 9.17) is 0 Å². The Morgan fingerprint density at radius 2 is 2.00 bits per heavy atom. The van der Waals surface area contributed by atoms with Gasteiger partial charge in [-0.05, 0) is 37.1 Å². The molecule has 0 saturated carbocycles. The number of halogens is 1. The first-order valence-electron chi connectivity index (χ1n) is 5.28. The van der Waals surface area contributed by atoms with Crippen molar-refractivity contribution in [3.63, 3.8) is 0 Å². The van der Waals surface area contributed by atoms with E-state index in [2.05, 4.69) is 9.97 Å². The molecule has 0 aliphatic heterocycles. The Kier molecular flexibility index (Phi) is 2.95. The molecule has 0 saturated heterocycles. The van der Waals surface area contributed by atoms with Crippen molar-refractivity contribution < 1.29 is 4.39 Å². The highest BCUT2D eigenvalue weighted by molar-refractivity contribution is 5.58. The quantitative estimate of drug-likeness (QED) is 0.770. The van der Waals surface area contributed by atoms with Crippen LogP contribution in [-0.4, -0.2) is 9.97 Å². The Labute approximate surface area is 94.2 Å². The Morgan fingerprint density at radius 3 is 2.56 bits per heavy atom. The summed E-state index contributed by atoms with van der Waals surface area (Å²) < 4.78 is 13.1. The Hall–Kier alpha value is -1.77. The molecule has 1 heterocycles. The van der Waals surface area contributed by atoms with Crippen molar-refractivity contribution in [3.05, 3.63) is 47.7 Å². The fourth-order valence-electron chi connectivity index (χ4n) is 1.49. The van der Waals surface area contributed by atoms with Gasteiger partial charge in [0.25, 0.3) is 0 Å². The zero-order valence-corrected chi connectivity index (χ0v) is 9.37. The lowest BCUT2D eigenvalue weighted by Gasteiger charge is -2.03. The van der Waals surface area contributed by atoms with Gasteiger partial charge in [-0.3, -0.25) is 9.97 Å². The first kappa shape index (κ1) is 10.7. The molecular weight excluding hydrogens is 203 g/mol. The maximum Gasteiger partial charge on any atom is 0.126 e. The van der Waals surface area contributed by atoms with Gasteiger partial charge in [0, 0.05) is 11.8 Å². The van der Waals surface area contributed by atoms with E-state index in [1.165, 1.54) is 6.07 Å². The van der Waals surface area contributed by atoms with Crippen LogP contribution in [-0.2, 0) is 6.42 Å². The maximum absolute atomic E-state index is 13.1. The Bertz CT molecular complexity index is 492. The molecule has 0 spiro atoms. The van der Waals surface area contributed by atoms with Crippen molar-refractivity contribution in [1.82, 2.24) is 9.97 Å². The third kappa shape index (κ3) is 2.08. The second-order valence-corrected chi connectivity index (χ2v) is 3.71. The molecule has 16 heavy (non-hydrogen) atoms. The van der Waals surface area contributed by atoms with E-state index in [1.807, 2.05) is 6.92 Å². The molecule has 0 fully saturated rings. The van der Waals surface area contributed by atoms with Crippen LogP contribution in [0, 0.1) is 12.7 Å². The summed E-state index contributed by atoms with van der Waals surface area (Å²) in [5, 5.41) is 0. The average molecular weight is 216 g/mol. The lowest BCUT2D eigenvalue weighted by molar-refractivity contribution is 0.618. The average Bonchev–Trinajstić information content (AvgIpc) is 2.33. The molecule has 0 bridgehead atoms. The summed E-state index contributed by atoms with van der Waals surface area (Å²) in [7, 11) is 0. The minimum atomic E-state index is -0.193. The van der Waals surface area contributed by atoms with E-state index in [1.54, 1.807) is 31.5 Å². The lowest BCUT2D eigenvalue weighted by atomic mass is 10.1. The molecule has 0 atom stereocenters. The van der Waals surface area contributed by atoms with Crippen molar-refractivity contribution in [2.24, 2.45) is 0 Å². The summed E-state index contributed by atoms with van der Waals surface area (Å²) in [5.41, 5.74) is 3.26. The van der Waals surface area contributed by atoms with Crippen LogP contribution in [0.4, 0.5) is 4.39 Å². The molecule has 0 amide bonds. The highest BCUT2D eigenvalue weighted by Crippen LogP contribution is 2.19. The molecule has 1 aromatic heterocycles. The van der Waals surface area contributed by atoms with Gasteiger partial charge in [-0.1, -0.05) is 6.92 Å². The maximum atomic E-state index is 13.1. The number of benzene rings is 1. The molecule has 2 aromatic rings. The minimum absolute atomic E-state index is 0.193. The van der Waals surface area contributed by atoms with E-state index >= 15 is 0 Å². The van der Waals surface area contributed by atoms with Crippen LogP contribution in [0.25, 0.3) is 11.3 Å². The predicted octanol–water partition coefficient (Wildman–Crippen LogP) is 3.15. The molecule has 2 rings (SSSR count). The number of aryl methyl sites for hydroxylation is 2. The van der Waals surface area contributed by atoms with Crippen LogP contribution in [0.5, 0.6) is 0 Å². The third-order valence-corrected chi connectivity index (χ3v) is 2.52. The number of aromatic nitrogens is 2. The van der Waals surface area contributed by atoms with Crippen molar-refractivity contribution in [2.45, 2.75) is 20.3 Å². The summed E-state index contributed by atoms with van der Waals surface area (Å²) in [4.78, 5) is 8.57. The van der Waals surface area contributed by atoms with E-state index in [9.17, 15) is 4.39 Å². The van der Waals surface area contributed by atoms with E-state index in [0.29, 0.717) is 5.56 Å². The summed E-state index contributed by atoms with van der Waals surface area (Å²) in [6.45, 7) is 3.78. The summed E-state index contributed by atoms with van der Waals surface area (Å²) in [6, 6.07) is 4.96. The van der Waals surface area contributed by atoms with E-state index in [-0.39, 0.29) is 5.82 Å². The largest absolute Gasteiger partial charge is 0.257 e. The fraction of sp³-hybridized carbons (Fsp3) is 0.231. The Morgan fingerprint density at radius 1 is 1.19 bits per heavy atom.